The van der Waals surface area contributed by atoms with Crippen LogP contribution in [0, 0.1) is 5.92 Å². The van der Waals surface area contributed by atoms with Gasteiger partial charge in [-0.1, -0.05) is 24.3 Å². The minimum absolute atomic E-state index is 0.151. The number of sulfonamides is 1. The van der Waals surface area contributed by atoms with Crippen LogP contribution in [0.3, 0.4) is 0 Å². The van der Waals surface area contributed by atoms with E-state index >= 15 is 0 Å². The quantitative estimate of drug-likeness (QED) is 0.679. The van der Waals surface area contributed by atoms with Gasteiger partial charge in [-0.3, -0.25) is 4.90 Å². The van der Waals surface area contributed by atoms with Gasteiger partial charge in [-0.2, -0.15) is 4.31 Å². The van der Waals surface area contributed by atoms with Crippen molar-refractivity contribution in [3.05, 3.63) is 53.3 Å². The molecule has 8 heteroatoms. The van der Waals surface area contributed by atoms with Gasteiger partial charge >= 0.3 is 5.97 Å². The molecule has 0 amide bonds. The van der Waals surface area contributed by atoms with Crippen molar-refractivity contribution in [2.75, 3.05) is 33.3 Å². The molecule has 2 aliphatic rings. The molecule has 0 spiro atoms. The summed E-state index contributed by atoms with van der Waals surface area (Å²) >= 11 is 0. The predicted octanol–water partition coefficient (Wildman–Crippen LogP) is 2.27. The van der Waals surface area contributed by atoms with Crippen molar-refractivity contribution in [3.8, 4) is 0 Å². The predicted molar refractivity (Wildman–Crippen MR) is 114 cm³/mol. The van der Waals surface area contributed by atoms with Crippen LogP contribution in [0.4, 0.5) is 0 Å². The van der Waals surface area contributed by atoms with E-state index in [0.29, 0.717) is 19.0 Å². The first-order valence-electron chi connectivity index (χ1n) is 10.4. The Balaban J connectivity index is 1.44. The summed E-state index contributed by atoms with van der Waals surface area (Å²) in [6.07, 6.45) is 4.43. The summed E-state index contributed by atoms with van der Waals surface area (Å²) in [5.74, 6) is -0.233. The van der Waals surface area contributed by atoms with Gasteiger partial charge in [0.2, 0.25) is 10.0 Å². The summed E-state index contributed by atoms with van der Waals surface area (Å²) in [4.78, 5) is 14.5. The first-order valence-corrected chi connectivity index (χ1v) is 11.9. The second kappa shape index (κ2) is 8.53. The van der Waals surface area contributed by atoms with E-state index in [-0.39, 0.29) is 10.6 Å². The summed E-state index contributed by atoms with van der Waals surface area (Å²) in [5.41, 5.74) is 3.03. The van der Waals surface area contributed by atoms with Crippen LogP contribution in [0.2, 0.25) is 0 Å². The van der Waals surface area contributed by atoms with Crippen molar-refractivity contribution in [1.82, 2.24) is 13.8 Å². The number of carbonyl (C=O) groups excluding carboxylic acids is 1. The zero-order valence-corrected chi connectivity index (χ0v) is 18.4. The highest BCUT2D eigenvalue weighted by molar-refractivity contribution is 7.89. The Morgan fingerprint density at radius 3 is 2.73 bits per heavy atom. The molecule has 7 nitrogen and oxygen atoms in total. The summed E-state index contributed by atoms with van der Waals surface area (Å²) in [5, 5.41) is 0. The maximum atomic E-state index is 13.2. The van der Waals surface area contributed by atoms with Crippen LogP contribution in [0.5, 0.6) is 0 Å². The molecule has 0 radical (unpaired) electrons. The first-order chi connectivity index (χ1) is 14.4. The van der Waals surface area contributed by atoms with Crippen LogP contribution in [0.25, 0.3) is 0 Å². The third-order valence-corrected chi connectivity index (χ3v) is 8.05. The third-order valence-electron chi connectivity index (χ3n) is 6.22. The van der Waals surface area contributed by atoms with Crippen LogP contribution in [0.1, 0.15) is 34.5 Å². The third kappa shape index (κ3) is 4.17. The lowest BCUT2D eigenvalue weighted by Crippen LogP contribution is -2.44. The first kappa shape index (κ1) is 21.1. The smallest absolute Gasteiger partial charge is 0.354 e. The molecule has 3 heterocycles. The zero-order chi connectivity index (χ0) is 21.3. The molecule has 0 aliphatic carbocycles. The van der Waals surface area contributed by atoms with E-state index in [1.165, 1.54) is 35.1 Å². The molecule has 1 aromatic heterocycles. The lowest BCUT2D eigenvalue weighted by molar-refractivity contribution is 0.0590. The number of aromatic nitrogens is 1. The monoisotopic (exact) mass is 431 g/mol. The maximum Gasteiger partial charge on any atom is 0.354 e. The highest BCUT2D eigenvalue weighted by Gasteiger charge is 2.33. The molecular weight excluding hydrogens is 402 g/mol. The highest BCUT2D eigenvalue weighted by atomic mass is 32.2. The molecule has 30 heavy (non-hydrogen) atoms. The normalized spacial score (nSPS) is 20.7. The van der Waals surface area contributed by atoms with Crippen LogP contribution >= 0.6 is 0 Å². The Morgan fingerprint density at radius 2 is 1.97 bits per heavy atom. The Morgan fingerprint density at radius 1 is 1.20 bits per heavy atom. The molecule has 1 aromatic carbocycles. The van der Waals surface area contributed by atoms with E-state index in [0.717, 1.165) is 38.9 Å². The number of hydrogen-bond donors (Lipinski definition) is 0. The molecule has 0 N–H and O–H groups in total. The number of benzene rings is 1. The summed E-state index contributed by atoms with van der Waals surface area (Å²) < 4.78 is 34.2. The van der Waals surface area contributed by atoms with Crippen molar-refractivity contribution in [1.29, 1.82) is 0 Å². The molecule has 1 atom stereocenters. The van der Waals surface area contributed by atoms with Crippen molar-refractivity contribution in [3.63, 3.8) is 0 Å². The number of ether oxygens (including phenoxy) is 1. The Kier molecular flexibility index (Phi) is 5.99. The molecule has 1 fully saturated rings. The molecule has 2 aliphatic heterocycles. The molecule has 0 unspecified atom stereocenters. The van der Waals surface area contributed by atoms with E-state index in [4.69, 9.17) is 4.74 Å². The average Bonchev–Trinajstić information content (AvgIpc) is 3.16. The van der Waals surface area contributed by atoms with Crippen molar-refractivity contribution in [2.45, 2.75) is 30.7 Å². The largest absolute Gasteiger partial charge is 0.464 e. The number of rotatable bonds is 5. The topological polar surface area (TPSA) is 71.8 Å². The molecule has 0 bridgehead atoms. The number of fused-ring (bicyclic) bond motifs is 1. The van der Waals surface area contributed by atoms with Crippen LogP contribution in [0.15, 0.2) is 41.4 Å². The standard InChI is InChI=1S/C22H29N3O4S/c1-23-16-20(12-21(23)22(26)29-2)30(27,28)25-10-5-6-17(14-25)13-24-11-9-18-7-3-4-8-19(18)15-24/h3-4,7-8,12,16-17H,5-6,9-11,13-15H2,1-2H3/t17-/m0/s1. The van der Waals surface area contributed by atoms with E-state index < -0.39 is 16.0 Å². The number of aryl methyl sites for hydroxylation is 1. The summed E-state index contributed by atoms with van der Waals surface area (Å²) in [7, 11) is -0.701. The number of esters is 1. The van der Waals surface area contributed by atoms with Crippen LogP contribution in [-0.4, -0.2) is 61.4 Å². The van der Waals surface area contributed by atoms with Gasteiger partial charge in [0.25, 0.3) is 0 Å². The second-order valence-corrected chi connectivity index (χ2v) is 10.2. The lowest BCUT2D eigenvalue weighted by atomic mass is 9.95. The van der Waals surface area contributed by atoms with Crippen LogP contribution in [-0.2, 0) is 34.8 Å². The van der Waals surface area contributed by atoms with Gasteiger partial charge in [0, 0.05) is 46.0 Å². The van der Waals surface area contributed by atoms with Crippen molar-refractivity contribution in [2.24, 2.45) is 13.0 Å². The van der Waals surface area contributed by atoms with Crippen molar-refractivity contribution < 1.29 is 17.9 Å². The minimum atomic E-state index is -3.64. The van der Waals surface area contributed by atoms with Gasteiger partial charge in [0.1, 0.15) is 10.6 Å². The fraction of sp³-hybridized carbons (Fsp3) is 0.500. The summed E-state index contributed by atoms with van der Waals surface area (Å²) in [6.45, 7) is 3.89. The maximum absolute atomic E-state index is 13.2. The minimum Gasteiger partial charge on any atom is -0.464 e. The summed E-state index contributed by atoms with van der Waals surface area (Å²) in [6, 6.07) is 9.97. The van der Waals surface area contributed by atoms with Crippen LogP contribution < -0.4 is 0 Å². The number of carbonyl (C=O) groups is 1. The molecule has 1 saturated heterocycles. The molecular formula is C22H29N3O4S. The number of nitrogens with zero attached hydrogens (tertiary/aromatic N) is 3. The van der Waals surface area contributed by atoms with Gasteiger partial charge in [0.15, 0.2) is 0 Å². The fourth-order valence-corrected chi connectivity index (χ4v) is 6.23. The van der Waals surface area contributed by atoms with Crippen molar-refractivity contribution >= 4 is 16.0 Å². The molecule has 162 valence electrons. The van der Waals surface area contributed by atoms with Gasteiger partial charge in [-0.15, -0.1) is 0 Å². The molecule has 2 aromatic rings. The molecule has 0 saturated carbocycles. The second-order valence-electron chi connectivity index (χ2n) is 8.29. The fourth-order valence-electron chi connectivity index (χ4n) is 4.60. The van der Waals surface area contributed by atoms with Gasteiger partial charge in [0.05, 0.1) is 7.11 Å². The van der Waals surface area contributed by atoms with E-state index in [1.807, 2.05) is 0 Å². The Bertz CT molecular complexity index is 1030. The lowest BCUT2D eigenvalue weighted by Gasteiger charge is -2.36. The number of piperidine rings is 1. The van der Waals surface area contributed by atoms with Gasteiger partial charge in [-0.25, -0.2) is 13.2 Å². The zero-order valence-electron chi connectivity index (χ0n) is 17.6. The number of methoxy groups -OCH3 is 1. The van der Waals surface area contributed by atoms with Gasteiger partial charge in [-0.05, 0) is 42.4 Å². The Hall–Kier alpha value is -2.16. The van der Waals surface area contributed by atoms with E-state index in [1.54, 1.807) is 11.4 Å². The Labute approximate surface area is 178 Å². The van der Waals surface area contributed by atoms with Gasteiger partial charge < -0.3 is 9.30 Å². The van der Waals surface area contributed by atoms with E-state index in [9.17, 15) is 13.2 Å². The SMILES string of the molecule is COC(=O)c1cc(S(=O)(=O)N2CCC[C@@H](CN3CCc4ccccc4C3)C2)cn1C. The number of hydrogen-bond acceptors (Lipinski definition) is 5. The van der Waals surface area contributed by atoms with E-state index in [2.05, 4.69) is 29.2 Å². The molecule has 4 rings (SSSR count). The highest BCUT2D eigenvalue weighted by Crippen LogP contribution is 2.27. The average molecular weight is 432 g/mol.